The number of amides is 2. The fraction of sp³-hybridized carbons (Fsp3) is 0.500. The molecule has 1 unspecified atom stereocenters. The van der Waals surface area contributed by atoms with Crippen LogP contribution in [0.25, 0.3) is 0 Å². The number of ether oxygens (including phenoxy) is 1. The lowest BCUT2D eigenvalue weighted by Gasteiger charge is -2.23. The molecule has 1 saturated heterocycles. The summed E-state index contributed by atoms with van der Waals surface area (Å²) in [6.45, 7) is 3.04. The number of nitrogens with two attached hydrogens (primary N) is 1. The molecule has 1 aliphatic heterocycles. The Balaban J connectivity index is 0.00000264. The molecule has 1 fully saturated rings. The molecule has 1 aromatic carbocycles. The van der Waals surface area contributed by atoms with Crippen LogP contribution in [-0.4, -0.2) is 49.5 Å². The van der Waals surface area contributed by atoms with Crippen molar-refractivity contribution in [3.05, 3.63) is 24.3 Å². The summed E-state index contributed by atoms with van der Waals surface area (Å²) in [5.74, 6) is 0.649. The minimum absolute atomic E-state index is 0. The minimum Gasteiger partial charge on any atom is -0.484 e. The third-order valence-corrected chi connectivity index (χ3v) is 3.98. The molecule has 1 aromatic rings. The normalized spacial score (nSPS) is 15.1. The maximum absolute atomic E-state index is 11.9. The minimum atomic E-state index is -0.114. The van der Waals surface area contributed by atoms with E-state index in [2.05, 4.69) is 0 Å². The number of carbonyl (C=O) groups is 2. The second-order valence-corrected chi connectivity index (χ2v) is 5.52. The summed E-state index contributed by atoms with van der Waals surface area (Å²) in [6.07, 6.45) is 1.51. The fourth-order valence-electron chi connectivity index (χ4n) is 2.29. The molecule has 7 heteroatoms. The van der Waals surface area contributed by atoms with Gasteiger partial charge in [-0.05, 0) is 37.6 Å². The van der Waals surface area contributed by atoms with Crippen LogP contribution in [0.4, 0.5) is 5.69 Å². The van der Waals surface area contributed by atoms with Gasteiger partial charge < -0.3 is 20.3 Å². The third-order valence-electron chi connectivity index (χ3n) is 3.98. The summed E-state index contributed by atoms with van der Waals surface area (Å²) in [6, 6.07) is 7.23. The smallest absolute Gasteiger partial charge is 0.260 e. The van der Waals surface area contributed by atoms with E-state index < -0.39 is 0 Å². The Morgan fingerprint density at radius 1 is 1.39 bits per heavy atom. The zero-order valence-electron chi connectivity index (χ0n) is 13.5. The third kappa shape index (κ3) is 4.84. The van der Waals surface area contributed by atoms with Gasteiger partial charge in [-0.2, -0.15) is 0 Å². The molecular formula is C16H24ClN3O3. The second kappa shape index (κ2) is 8.74. The van der Waals surface area contributed by atoms with Gasteiger partial charge in [0.25, 0.3) is 5.91 Å². The zero-order valence-corrected chi connectivity index (χ0v) is 14.3. The molecular weight excluding hydrogens is 318 g/mol. The molecule has 1 heterocycles. The quantitative estimate of drug-likeness (QED) is 0.849. The van der Waals surface area contributed by atoms with Gasteiger partial charge in [0.1, 0.15) is 5.75 Å². The van der Waals surface area contributed by atoms with Gasteiger partial charge in [0.2, 0.25) is 5.91 Å². The Morgan fingerprint density at radius 2 is 2.04 bits per heavy atom. The van der Waals surface area contributed by atoms with E-state index in [1.54, 1.807) is 29.0 Å². The number of halogens is 1. The molecule has 0 radical (unpaired) electrons. The maximum atomic E-state index is 11.9. The van der Waals surface area contributed by atoms with Gasteiger partial charge in [-0.1, -0.05) is 0 Å². The van der Waals surface area contributed by atoms with Crippen molar-refractivity contribution in [2.24, 2.45) is 5.73 Å². The van der Waals surface area contributed by atoms with Crippen molar-refractivity contribution >= 4 is 29.9 Å². The fourth-order valence-corrected chi connectivity index (χ4v) is 2.29. The predicted molar refractivity (Wildman–Crippen MR) is 92.1 cm³/mol. The first-order valence-electron chi connectivity index (χ1n) is 7.52. The van der Waals surface area contributed by atoms with Crippen LogP contribution in [-0.2, 0) is 9.59 Å². The van der Waals surface area contributed by atoms with Crippen LogP contribution in [0.2, 0.25) is 0 Å². The lowest BCUT2D eigenvalue weighted by Crippen LogP contribution is -2.42. The van der Waals surface area contributed by atoms with Crippen LogP contribution in [0.3, 0.4) is 0 Å². The van der Waals surface area contributed by atoms with Gasteiger partial charge >= 0.3 is 0 Å². The van der Waals surface area contributed by atoms with Crippen molar-refractivity contribution in [2.75, 3.05) is 31.6 Å². The van der Waals surface area contributed by atoms with E-state index >= 15 is 0 Å². The van der Waals surface area contributed by atoms with Crippen molar-refractivity contribution < 1.29 is 14.3 Å². The van der Waals surface area contributed by atoms with Crippen molar-refractivity contribution in [3.8, 4) is 5.75 Å². The van der Waals surface area contributed by atoms with Gasteiger partial charge in [0, 0.05) is 38.3 Å². The average molecular weight is 342 g/mol. The van der Waals surface area contributed by atoms with E-state index in [-0.39, 0.29) is 36.9 Å². The Morgan fingerprint density at radius 3 is 2.57 bits per heavy atom. The SMILES string of the molecule is CC(CN)N(C)C(=O)COc1ccc(N2CCCC2=O)cc1.Cl. The van der Waals surface area contributed by atoms with E-state index in [9.17, 15) is 9.59 Å². The van der Waals surface area contributed by atoms with Crippen molar-refractivity contribution in [1.82, 2.24) is 4.90 Å². The van der Waals surface area contributed by atoms with Crippen molar-refractivity contribution in [2.45, 2.75) is 25.8 Å². The van der Waals surface area contributed by atoms with E-state index in [0.717, 1.165) is 18.7 Å². The number of hydrogen-bond acceptors (Lipinski definition) is 4. The number of carbonyl (C=O) groups excluding carboxylic acids is 2. The van der Waals surface area contributed by atoms with E-state index in [4.69, 9.17) is 10.5 Å². The highest BCUT2D eigenvalue weighted by atomic mass is 35.5. The predicted octanol–water partition coefficient (Wildman–Crippen LogP) is 1.42. The number of anilines is 1. The van der Waals surface area contributed by atoms with Crippen LogP contribution < -0.4 is 15.4 Å². The van der Waals surface area contributed by atoms with Crippen molar-refractivity contribution in [1.29, 1.82) is 0 Å². The zero-order chi connectivity index (χ0) is 16.1. The monoisotopic (exact) mass is 341 g/mol. The first-order chi connectivity index (χ1) is 10.5. The highest BCUT2D eigenvalue weighted by Crippen LogP contribution is 2.23. The first kappa shape index (κ1) is 19.3. The maximum Gasteiger partial charge on any atom is 0.260 e. The second-order valence-electron chi connectivity index (χ2n) is 5.52. The molecule has 23 heavy (non-hydrogen) atoms. The Hall–Kier alpha value is -1.79. The summed E-state index contributed by atoms with van der Waals surface area (Å²) >= 11 is 0. The van der Waals surface area contributed by atoms with Crippen LogP contribution in [0.1, 0.15) is 19.8 Å². The molecule has 0 saturated carbocycles. The molecule has 6 nitrogen and oxygen atoms in total. The molecule has 2 amide bonds. The van der Waals surface area contributed by atoms with Gasteiger partial charge in [-0.15, -0.1) is 12.4 Å². The van der Waals surface area contributed by atoms with Crippen LogP contribution >= 0.6 is 12.4 Å². The Kier molecular flexibility index (Phi) is 7.32. The summed E-state index contributed by atoms with van der Waals surface area (Å²) in [5, 5.41) is 0. The van der Waals surface area contributed by atoms with Gasteiger partial charge in [0.15, 0.2) is 6.61 Å². The topological polar surface area (TPSA) is 75.9 Å². The number of likely N-dealkylation sites (N-methyl/N-ethyl adjacent to an activating group) is 1. The summed E-state index contributed by atoms with van der Waals surface area (Å²) in [4.78, 5) is 27.0. The molecule has 1 atom stereocenters. The van der Waals surface area contributed by atoms with E-state index in [1.807, 2.05) is 19.1 Å². The lowest BCUT2D eigenvalue weighted by molar-refractivity contribution is -0.133. The van der Waals surface area contributed by atoms with Gasteiger partial charge in [0.05, 0.1) is 0 Å². The summed E-state index contributed by atoms with van der Waals surface area (Å²) in [5.41, 5.74) is 6.41. The lowest BCUT2D eigenvalue weighted by atomic mass is 10.3. The number of benzene rings is 1. The first-order valence-corrected chi connectivity index (χ1v) is 7.52. The summed E-state index contributed by atoms with van der Waals surface area (Å²) < 4.78 is 5.49. The Labute approximate surface area is 143 Å². The number of hydrogen-bond donors (Lipinski definition) is 1. The van der Waals surface area contributed by atoms with E-state index in [0.29, 0.717) is 18.7 Å². The number of nitrogens with zero attached hydrogens (tertiary/aromatic N) is 2. The Bertz CT molecular complexity index is 536. The van der Waals surface area contributed by atoms with Gasteiger partial charge in [-0.25, -0.2) is 0 Å². The standard InChI is InChI=1S/C16H23N3O3.ClH/c1-12(10-17)18(2)16(21)11-22-14-7-5-13(6-8-14)19-9-3-4-15(19)20;/h5-8,12H,3-4,9-11,17H2,1-2H3;1H. The van der Waals surface area contributed by atoms with Crippen LogP contribution in [0.5, 0.6) is 5.75 Å². The molecule has 0 bridgehead atoms. The molecule has 2 rings (SSSR count). The molecule has 2 N–H and O–H groups in total. The largest absolute Gasteiger partial charge is 0.484 e. The molecule has 0 aliphatic carbocycles. The summed E-state index contributed by atoms with van der Waals surface area (Å²) in [7, 11) is 1.71. The van der Waals surface area contributed by atoms with Crippen molar-refractivity contribution in [3.63, 3.8) is 0 Å². The highest BCUT2D eigenvalue weighted by molar-refractivity contribution is 5.95. The van der Waals surface area contributed by atoms with E-state index in [1.165, 1.54) is 0 Å². The molecule has 1 aliphatic rings. The highest BCUT2D eigenvalue weighted by Gasteiger charge is 2.21. The number of rotatable bonds is 6. The van der Waals surface area contributed by atoms with Crippen LogP contribution in [0.15, 0.2) is 24.3 Å². The molecule has 128 valence electrons. The molecule has 0 spiro atoms. The van der Waals surface area contributed by atoms with Crippen LogP contribution in [0, 0.1) is 0 Å². The van der Waals surface area contributed by atoms with Gasteiger partial charge in [-0.3, -0.25) is 9.59 Å². The molecule has 0 aromatic heterocycles. The average Bonchev–Trinajstić information content (AvgIpc) is 2.97.